The molecule has 0 spiro atoms. The van der Waals surface area contributed by atoms with Crippen LogP contribution in [-0.4, -0.2) is 33.9 Å². The van der Waals surface area contributed by atoms with Crippen LogP contribution in [0.1, 0.15) is 55.8 Å². The minimum Gasteiger partial charge on any atom is -0.493 e. The van der Waals surface area contributed by atoms with Gasteiger partial charge in [0.05, 0.1) is 50.5 Å². The molecule has 0 aliphatic heterocycles. The lowest BCUT2D eigenvalue weighted by Crippen LogP contribution is -2.33. The smallest absolute Gasteiger partial charge is 0.205 e. The number of carbonyl (C=O) groups is 2. The van der Waals surface area contributed by atoms with E-state index in [-0.39, 0.29) is 22.7 Å². The monoisotopic (exact) mass is 736 g/mol. The Kier molecular flexibility index (Phi) is 9.68. The van der Waals surface area contributed by atoms with Crippen LogP contribution in [0.2, 0.25) is 0 Å². The second-order valence-electron chi connectivity index (χ2n) is 14.0. The summed E-state index contributed by atoms with van der Waals surface area (Å²) in [4.78, 5) is 28.1. The lowest BCUT2D eigenvalue weighted by molar-refractivity contribution is -0.667. The molecule has 8 heteroatoms. The Morgan fingerprint density at radius 1 is 0.464 bits per heavy atom. The number of hydrogen-bond acceptors (Lipinski definition) is 4. The standard InChI is InChI=1S/C48H40N4O4/c53-47-37-19-7-8-20-38(37)48(54)46-44(56-30-14-28-50-34-52(32-36-17-5-2-6-18-36)42-24-12-10-22-40(42)50)26-25-43(45(46)47)55-29-13-27-49-33-51(31-35-15-3-1-4-16-35)41-23-11-9-21-39(41)49/h1-12,15-26H,13-14,27-32H2. The molecule has 0 radical (unpaired) electrons. The number of carbonyl (C=O) groups excluding carboxylic acids is 2. The molecule has 0 unspecified atom stereocenters. The Morgan fingerprint density at radius 2 is 0.857 bits per heavy atom. The molecule has 8 nitrogen and oxygen atoms in total. The van der Waals surface area contributed by atoms with Gasteiger partial charge in [0.15, 0.2) is 11.6 Å². The van der Waals surface area contributed by atoms with Crippen molar-refractivity contribution in [2.24, 2.45) is 0 Å². The van der Waals surface area contributed by atoms with Crippen LogP contribution in [0.5, 0.6) is 11.5 Å². The highest BCUT2D eigenvalue weighted by molar-refractivity contribution is 6.30. The third-order valence-corrected chi connectivity index (χ3v) is 10.3. The van der Waals surface area contributed by atoms with Crippen molar-refractivity contribution < 1.29 is 28.2 Å². The highest BCUT2D eigenvalue weighted by atomic mass is 16.5. The summed E-state index contributed by atoms with van der Waals surface area (Å²) in [6, 6.07) is 47.8. The number of para-hydroxylation sites is 4. The molecule has 1 aliphatic rings. The van der Waals surface area contributed by atoms with Gasteiger partial charge in [-0.05, 0) is 23.3 Å². The number of ether oxygens (including phenoxy) is 2. The van der Waals surface area contributed by atoms with Crippen LogP contribution in [0, 0.1) is 12.7 Å². The number of aryl methyl sites for hydroxylation is 2. The summed E-state index contributed by atoms with van der Waals surface area (Å²) in [6.07, 6.45) is 8.40. The molecule has 8 aromatic rings. The molecule has 0 bridgehead atoms. The molecular weight excluding hydrogens is 697 g/mol. The second kappa shape index (κ2) is 15.5. The number of imidazole rings is 2. The predicted molar refractivity (Wildman–Crippen MR) is 213 cm³/mol. The largest absolute Gasteiger partial charge is 0.493 e. The molecule has 56 heavy (non-hydrogen) atoms. The summed E-state index contributed by atoms with van der Waals surface area (Å²) in [7, 11) is 0. The van der Waals surface area contributed by atoms with Gasteiger partial charge in [0, 0.05) is 46.0 Å². The zero-order valence-corrected chi connectivity index (χ0v) is 30.9. The van der Waals surface area contributed by atoms with E-state index in [1.807, 2.05) is 60.7 Å². The van der Waals surface area contributed by atoms with Gasteiger partial charge in [0.2, 0.25) is 12.7 Å². The van der Waals surface area contributed by atoms with Crippen molar-refractivity contribution in [3.63, 3.8) is 0 Å². The molecule has 1 aliphatic carbocycles. The van der Waals surface area contributed by atoms with Crippen LogP contribution in [0.4, 0.5) is 0 Å². The summed E-state index contributed by atoms with van der Waals surface area (Å²) >= 11 is 0. The number of ketones is 2. The van der Waals surface area contributed by atoms with E-state index in [1.54, 1.807) is 36.4 Å². The highest BCUT2D eigenvalue weighted by Gasteiger charge is 2.35. The molecule has 2 aromatic heterocycles. The van der Waals surface area contributed by atoms with Crippen LogP contribution < -0.4 is 18.6 Å². The van der Waals surface area contributed by atoms with Crippen LogP contribution in [0.15, 0.2) is 146 Å². The van der Waals surface area contributed by atoms with Crippen molar-refractivity contribution in [2.45, 2.75) is 39.0 Å². The molecule has 2 heterocycles. The Bertz CT molecular complexity index is 2510. The Labute approximate surface area is 325 Å². The van der Waals surface area contributed by atoms with Crippen molar-refractivity contribution >= 4 is 33.6 Å². The quantitative estimate of drug-likeness (QED) is 0.0656. The molecule has 0 saturated carbocycles. The average Bonchev–Trinajstić information content (AvgIpc) is 3.77. The maximum atomic E-state index is 14.0. The van der Waals surface area contributed by atoms with Gasteiger partial charge < -0.3 is 27.7 Å². The Balaban J connectivity index is 0.907. The van der Waals surface area contributed by atoms with E-state index >= 15 is 0 Å². The van der Waals surface area contributed by atoms with E-state index in [0.717, 1.165) is 35.2 Å². The van der Waals surface area contributed by atoms with Crippen LogP contribution in [0.3, 0.4) is 0 Å². The van der Waals surface area contributed by atoms with E-state index in [1.165, 1.54) is 11.1 Å². The molecule has 0 N–H and O–H groups in total. The minimum absolute atomic E-state index is 0.237. The van der Waals surface area contributed by atoms with E-state index in [9.17, 15) is 9.59 Å². The van der Waals surface area contributed by atoms with E-state index in [4.69, 9.17) is 9.47 Å². The number of aromatic nitrogens is 4. The maximum Gasteiger partial charge on any atom is 0.205 e. The van der Waals surface area contributed by atoms with Gasteiger partial charge >= 0.3 is 0 Å². The minimum atomic E-state index is -0.237. The van der Waals surface area contributed by atoms with Gasteiger partial charge in [-0.15, -0.1) is 0 Å². The molecule has 0 fully saturated rings. The number of benzene rings is 6. The van der Waals surface area contributed by atoms with E-state index in [0.29, 0.717) is 61.8 Å². The SMILES string of the molecule is O=C1c2ccccc2C(=O)c2c(OCCCn3[c-][n+](Cc4ccccc4)c4ccccc43)ccc(OCCCn3[c-][n+](Cc4ccccc4)c4ccccc43)c21. The van der Waals surface area contributed by atoms with E-state index < -0.39 is 0 Å². The van der Waals surface area contributed by atoms with Gasteiger partial charge in [-0.25, -0.2) is 0 Å². The summed E-state index contributed by atoms with van der Waals surface area (Å²) < 4.78 is 21.2. The van der Waals surface area contributed by atoms with Crippen molar-refractivity contribution in [3.05, 3.63) is 192 Å². The maximum absolute atomic E-state index is 14.0. The lowest BCUT2D eigenvalue weighted by Gasteiger charge is -2.23. The zero-order valence-electron chi connectivity index (χ0n) is 30.9. The predicted octanol–water partition coefficient (Wildman–Crippen LogP) is 7.58. The van der Waals surface area contributed by atoms with Crippen molar-refractivity contribution in [2.75, 3.05) is 13.2 Å². The van der Waals surface area contributed by atoms with Gasteiger partial charge in [-0.3, -0.25) is 9.59 Å². The fourth-order valence-corrected chi connectivity index (χ4v) is 7.68. The van der Waals surface area contributed by atoms with Crippen LogP contribution in [-0.2, 0) is 26.2 Å². The highest BCUT2D eigenvalue weighted by Crippen LogP contribution is 2.39. The Morgan fingerprint density at radius 3 is 1.30 bits per heavy atom. The first-order valence-electron chi connectivity index (χ1n) is 19.1. The van der Waals surface area contributed by atoms with Crippen molar-refractivity contribution in [3.8, 4) is 11.5 Å². The number of hydrogen-bond donors (Lipinski definition) is 0. The van der Waals surface area contributed by atoms with Crippen molar-refractivity contribution in [1.29, 1.82) is 0 Å². The first-order chi connectivity index (χ1) is 27.6. The van der Waals surface area contributed by atoms with Gasteiger partial charge in [-0.1, -0.05) is 133 Å². The van der Waals surface area contributed by atoms with Gasteiger partial charge in [0.1, 0.15) is 11.5 Å². The molecule has 0 saturated heterocycles. The normalized spacial score (nSPS) is 12.2. The summed E-state index contributed by atoms with van der Waals surface area (Å²) in [5.41, 5.74) is 8.09. The third kappa shape index (κ3) is 6.86. The number of rotatable bonds is 14. The summed E-state index contributed by atoms with van der Waals surface area (Å²) in [6.45, 7) is 3.48. The first-order valence-corrected chi connectivity index (χ1v) is 19.1. The molecule has 9 rings (SSSR count). The van der Waals surface area contributed by atoms with Crippen molar-refractivity contribution in [1.82, 2.24) is 9.13 Å². The topological polar surface area (TPSA) is 70.2 Å². The summed E-state index contributed by atoms with van der Waals surface area (Å²) in [5, 5.41) is 0. The molecule has 6 aromatic carbocycles. The van der Waals surface area contributed by atoms with Crippen LogP contribution in [0.25, 0.3) is 22.1 Å². The molecule has 0 atom stereocenters. The third-order valence-electron chi connectivity index (χ3n) is 10.3. The fourth-order valence-electron chi connectivity index (χ4n) is 7.68. The lowest BCUT2D eigenvalue weighted by atomic mass is 9.83. The first kappa shape index (κ1) is 34.9. The van der Waals surface area contributed by atoms with Crippen LogP contribution >= 0.6 is 0 Å². The number of nitrogens with zero attached hydrogens (tertiary/aromatic N) is 4. The molecule has 0 amide bonds. The molecule has 276 valence electrons. The summed E-state index contributed by atoms with van der Waals surface area (Å²) in [5.74, 6) is 0.298. The second-order valence-corrected chi connectivity index (χ2v) is 14.0. The molecular formula is C48H40N4O4. The van der Waals surface area contributed by atoms with Gasteiger partial charge in [-0.2, -0.15) is 0 Å². The number of fused-ring (bicyclic) bond motifs is 4. The van der Waals surface area contributed by atoms with Gasteiger partial charge in [0.25, 0.3) is 0 Å². The van der Waals surface area contributed by atoms with E-state index in [2.05, 4.69) is 79.5 Å². The Hall–Kier alpha value is -6.80. The average molecular weight is 737 g/mol. The zero-order chi connectivity index (χ0) is 37.8. The fraction of sp³-hybridized carbons (Fsp3) is 0.167.